The number of hydrogen-bond donors (Lipinski definition) is 2. The second-order valence-electron chi connectivity index (χ2n) is 4.00. The van der Waals surface area contributed by atoms with Gasteiger partial charge in [0.25, 0.3) is 5.91 Å². The average molecular weight is 315 g/mol. The number of carbonyl (C=O) groups excluding carboxylic acids is 1. The maximum atomic E-state index is 13.5. The van der Waals surface area contributed by atoms with Crippen LogP contribution in [-0.4, -0.2) is 17.0 Å². The maximum absolute atomic E-state index is 13.5. The standard InChI is InChI=1S/C13H8F3NO3S/c14-6-4-7(15)10(8(16)5-6)12(18)17-11(13(19)20)9-2-1-3-21-9/h1-5,11H,(H,17,18)(H,19,20). The molecule has 21 heavy (non-hydrogen) atoms. The molecule has 8 heteroatoms. The molecule has 0 radical (unpaired) electrons. The van der Waals surface area contributed by atoms with Crippen LogP contribution in [0.15, 0.2) is 29.6 Å². The van der Waals surface area contributed by atoms with Gasteiger partial charge in [-0.15, -0.1) is 11.3 Å². The molecule has 0 aliphatic heterocycles. The molecule has 110 valence electrons. The summed E-state index contributed by atoms with van der Waals surface area (Å²) >= 11 is 1.06. The van der Waals surface area contributed by atoms with Crippen molar-refractivity contribution in [2.24, 2.45) is 0 Å². The largest absolute Gasteiger partial charge is 0.479 e. The Morgan fingerprint density at radius 3 is 2.29 bits per heavy atom. The number of thiophene rings is 1. The third-order valence-electron chi connectivity index (χ3n) is 2.58. The molecule has 1 aromatic carbocycles. The minimum absolute atomic E-state index is 0.291. The van der Waals surface area contributed by atoms with Crippen molar-refractivity contribution >= 4 is 23.2 Å². The number of hydrogen-bond acceptors (Lipinski definition) is 3. The van der Waals surface area contributed by atoms with Crippen molar-refractivity contribution in [2.45, 2.75) is 6.04 Å². The van der Waals surface area contributed by atoms with Gasteiger partial charge >= 0.3 is 5.97 Å². The van der Waals surface area contributed by atoms with E-state index in [1.54, 1.807) is 11.4 Å². The highest BCUT2D eigenvalue weighted by molar-refractivity contribution is 7.10. The number of halogens is 3. The van der Waals surface area contributed by atoms with Crippen LogP contribution in [0, 0.1) is 17.5 Å². The molecule has 0 aliphatic rings. The molecule has 2 N–H and O–H groups in total. The Morgan fingerprint density at radius 1 is 1.19 bits per heavy atom. The monoisotopic (exact) mass is 315 g/mol. The van der Waals surface area contributed by atoms with E-state index < -0.39 is 40.9 Å². The molecule has 1 amide bonds. The van der Waals surface area contributed by atoms with Gasteiger partial charge in [0.1, 0.15) is 23.0 Å². The Labute approximate surface area is 120 Å². The minimum atomic E-state index is -1.44. The summed E-state index contributed by atoms with van der Waals surface area (Å²) in [5.41, 5.74) is -1.03. The van der Waals surface area contributed by atoms with Crippen LogP contribution in [0.1, 0.15) is 21.3 Å². The fraction of sp³-hybridized carbons (Fsp3) is 0.0769. The first-order valence-electron chi connectivity index (χ1n) is 5.61. The van der Waals surface area contributed by atoms with Crippen LogP contribution < -0.4 is 5.32 Å². The molecule has 1 heterocycles. The predicted octanol–water partition coefficient (Wildman–Crippen LogP) is 2.72. The summed E-state index contributed by atoms with van der Waals surface area (Å²) in [6.45, 7) is 0. The Kier molecular flexibility index (Phi) is 4.27. The van der Waals surface area contributed by atoms with E-state index in [-0.39, 0.29) is 0 Å². The van der Waals surface area contributed by atoms with Crippen LogP contribution in [0.2, 0.25) is 0 Å². The maximum Gasteiger partial charge on any atom is 0.331 e. The molecule has 0 bridgehead atoms. The van der Waals surface area contributed by atoms with Gasteiger partial charge < -0.3 is 10.4 Å². The lowest BCUT2D eigenvalue weighted by Gasteiger charge is -2.13. The zero-order valence-electron chi connectivity index (χ0n) is 10.3. The lowest BCUT2D eigenvalue weighted by Crippen LogP contribution is -2.34. The third-order valence-corrected chi connectivity index (χ3v) is 3.52. The zero-order valence-corrected chi connectivity index (χ0v) is 11.1. The highest BCUT2D eigenvalue weighted by atomic mass is 32.1. The van der Waals surface area contributed by atoms with Gasteiger partial charge in [0.05, 0.1) is 0 Å². The molecular formula is C13H8F3NO3S. The first kappa shape index (κ1) is 15.0. The number of carboxylic acid groups (broad SMARTS) is 1. The van der Waals surface area contributed by atoms with E-state index in [9.17, 15) is 22.8 Å². The van der Waals surface area contributed by atoms with E-state index in [0.717, 1.165) is 11.3 Å². The number of rotatable bonds is 4. The second-order valence-corrected chi connectivity index (χ2v) is 4.98. The van der Waals surface area contributed by atoms with Crippen LogP contribution >= 0.6 is 11.3 Å². The first-order valence-corrected chi connectivity index (χ1v) is 6.49. The summed E-state index contributed by atoms with van der Waals surface area (Å²) in [6, 6.07) is 2.28. The normalized spacial score (nSPS) is 12.0. The van der Waals surface area contributed by atoms with Gasteiger partial charge in [-0.3, -0.25) is 4.79 Å². The summed E-state index contributed by atoms with van der Waals surface area (Å²) in [6.07, 6.45) is 0. The van der Waals surface area contributed by atoms with E-state index >= 15 is 0 Å². The molecule has 0 saturated heterocycles. The second kappa shape index (κ2) is 5.96. The van der Waals surface area contributed by atoms with E-state index in [1.807, 2.05) is 5.32 Å². The van der Waals surface area contributed by atoms with Gasteiger partial charge in [0, 0.05) is 17.0 Å². The number of nitrogens with one attached hydrogen (secondary N) is 1. The van der Waals surface area contributed by atoms with Crippen molar-refractivity contribution < 1.29 is 27.9 Å². The van der Waals surface area contributed by atoms with Gasteiger partial charge in [0.15, 0.2) is 6.04 Å². The average Bonchev–Trinajstić information content (AvgIpc) is 2.87. The molecule has 0 aliphatic carbocycles. The SMILES string of the molecule is O=C(NC(C(=O)O)c1cccs1)c1c(F)cc(F)cc1F. The van der Waals surface area contributed by atoms with Gasteiger partial charge in [-0.2, -0.15) is 0 Å². The molecule has 2 rings (SSSR count). The smallest absolute Gasteiger partial charge is 0.331 e. The summed E-state index contributed by atoms with van der Waals surface area (Å²) in [5.74, 6) is -6.63. The Morgan fingerprint density at radius 2 is 1.81 bits per heavy atom. The quantitative estimate of drug-likeness (QED) is 0.911. The van der Waals surface area contributed by atoms with Crippen molar-refractivity contribution in [3.8, 4) is 0 Å². The third kappa shape index (κ3) is 3.22. The summed E-state index contributed by atoms with van der Waals surface area (Å²) < 4.78 is 39.7. The molecule has 0 spiro atoms. The minimum Gasteiger partial charge on any atom is -0.479 e. The van der Waals surface area contributed by atoms with Crippen molar-refractivity contribution in [3.63, 3.8) is 0 Å². The summed E-state index contributed by atoms with van der Waals surface area (Å²) in [7, 11) is 0. The number of benzene rings is 1. The molecule has 1 aromatic heterocycles. The number of aliphatic carboxylic acids is 1. The topological polar surface area (TPSA) is 66.4 Å². The van der Waals surface area contributed by atoms with E-state index in [0.29, 0.717) is 17.0 Å². The Hall–Kier alpha value is -2.35. The summed E-state index contributed by atoms with van der Waals surface area (Å²) in [4.78, 5) is 23.3. The van der Waals surface area contributed by atoms with Crippen LogP contribution in [0.3, 0.4) is 0 Å². The lowest BCUT2D eigenvalue weighted by molar-refractivity contribution is -0.139. The molecular weight excluding hydrogens is 307 g/mol. The Bertz CT molecular complexity index is 665. The molecule has 0 fully saturated rings. The molecule has 0 saturated carbocycles. The van der Waals surface area contributed by atoms with Gasteiger partial charge in [0.2, 0.25) is 0 Å². The highest BCUT2D eigenvalue weighted by Crippen LogP contribution is 2.21. The van der Waals surface area contributed by atoms with Gasteiger partial charge in [-0.25, -0.2) is 18.0 Å². The lowest BCUT2D eigenvalue weighted by atomic mass is 10.1. The zero-order chi connectivity index (χ0) is 15.6. The van der Waals surface area contributed by atoms with Crippen LogP contribution in [0.4, 0.5) is 13.2 Å². The van der Waals surface area contributed by atoms with Crippen molar-refractivity contribution in [3.05, 3.63) is 57.5 Å². The van der Waals surface area contributed by atoms with Crippen LogP contribution in [0.25, 0.3) is 0 Å². The molecule has 1 unspecified atom stereocenters. The fourth-order valence-corrected chi connectivity index (χ4v) is 2.44. The molecule has 1 atom stereocenters. The number of amides is 1. The fourth-order valence-electron chi connectivity index (χ4n) is 1.67. The highest BCUT2D eigenvalue weighted by Gasteiger charge is 2.27. The van der Waals surface area contributed by atoms with E-state index in [4.69, 9.17) is 5.11 Å². The first-order chi connectivity index (χ1) is 9.90. The summed E-state index contributed by atoms with van der Waals surface area (Å²) in [5, 5.41) is 12.7. The molecule has 2 aromatic rings. The van der Waals surface area contributed by atoms with Crippen molar-refractivity contribution in [1.82, 2.24) is 5.32 Å². The van der Waals surface area contributed by atoms with Gasteiger partial charge in [-0.1, -0.05) is 6.07 Å². The van der Waals surface area contributed by atoms with Gasteiger partial charge in [-0.05, 0) is 11.4 Å². The Balaban J connectivity index is 2.31. The van der Waals surface area contributed by atoms with Crippen LogP contribution in [-0.2, 0) is 4.79 Å². The number of carbonyl (C=O) groups is 2. The van der Waals surface area contributed by atoms with Crippen LogP contribution in [0.5, 0.6) is 0 Å². The van der Waals surface area contributed by atoms with Crippen molar-refractivity contribution in [2.75, 3.05) is 0 Å². The van der Waals surface area contributed by atoms with E-state index in [1.165, 1.54) is 6.07 Å². The molecule has 4 nitrogen and oxygen atoms in total. The predicted molar refractivity (Wildman–Crippen MR) is 68.5 cm³/mol. The number of carboxylic acids is 1. The van der Waals surface area contributed by atoms with Crippen molar-refractivity contribution in [1.29, 1.82) is 0 Å². The van der Waals surface area contributed by atoms with E-state index in [2.05, 4.69) is 0 Å².